The second kappa shape index (κ2) is 9.05. The van der Waals surface area contributed by atoms with Crippen molar-refractivity contribution in [1.29, 1.82) is 0 Å². The number of benzene rings is 1. The Bertz CT molecular complexity index is 688. The Morgan fingerprint density at radius 1 is 1.14 bits per heavy atom. The molecule has 1 aliphatic carbocycles. The van der Waals surface area contributed by atoms with Crippen molar-refractivity contribution in [3.05, 3.63) is 29.3 Å². The highest BCUT2D eigenvalue weighted by molar-refractivity contribution is 5.93. The van der Waals surface area contributed by atoms with Crippen LogP contribution in [0.5, 0.6) is 0 Å². The van der Waals surface area contributed by atoms with Gasteiger partial charge in [-0.3, -0.25) is 19.4 Å². The number of piperazine rings is 1. The molecule has 1 aromatic carbocycles. The van der Waals surface area contributed by atoms with Gasteiger partial charge in [0.25, 0.3) is 0 Å². The molecule has 1 aliphatic heterocycles. The van der Waals surface area contributed by atoms with E-state index in [1.54, 1.807) is 0 Å². The maximum absolute atomic E-state index is 12.6. The van der Waals surface area contributed by atoms with E-state index >= 15 is 0 Å². The Morgan fingerprint density at radius 2 is 1.75 bits per heavy atom. The standard InChI is InChI=1S/C22H34N4O2/c1-16-6-5-7-17(2)22(16)23-20(27)14-25-10-12-26(13-11-25)21(28)15-24(4)18(3)19-8-9-19/h5-7,18-19H,8-15H2,1-4H3,(H,23,27). The minimum absolute atomic E-state index is 0.00941. The minimum atomic E-state index is 0.00941. The second-order valence-electron chi connectivity index (χ2n) is 8.47. The van der Waals surface area contributed by atoms with Crippen LogP contribution in [0, 0.1) is 19.8 Å². The topological polar surface area (TPSA) is 55.9 Å². The average Bonchev–Trinajstić information content (AvgIpc) is 3.50. The third-order valence-corrected chi connectivity index (χ3v) is 6.22. The summed E-state index contributed by atoms with van der Waals surface area (Å²) in [6.45, 7) is 9.98. The summed E-state index contributed by atoms with van der Waals surface area (Å²) in [6, 6.07) is 6.50. The molecule has 6 nitrogen and oxygen atoms in total. The van der Waals surface area contributed by atoms with Crippen LogP contribution < -0.4 is 5.32 Å². The maximum Gasteiger partial charge on any atom is 0.238 e. The summed E-state index contributed by atoms with van der Waals surface area (Å²) in [6.07, 6.45) is 2.59. The van der Waals surface area contributed by atoms with Crippen molar-refractivity contribution in [2.45, 2.75) is 39.7 Å². The molecule has 0 bridgehead atoms. The van der Waals surface area contributed by atoms with E-state index in [1.807, 2.05) is 36.9 Å². The molecule has 1 atom stereocenters. The van der Waals surface area contributed by atoms with Crippen LogP contribution >= 0.6 is 0 Å². The summed E-state index contributed by atoms with van der Waals surface area (Å²) in [5.41, 5.74) is 3.07. The van der Waals surface area contributed by atoms with E-state index in [0.717, 1.165) is 35.8 Å². The first kappa shape index (κ1) is 20.8. The molecular weight excluding hydrogens is 352 g/mol. The Hall–Kier alpha value is -1.92. The minimum Gasteiger partial charge on any atom is -0.339 e. The molecule has 1 saturated heterocycles. The summed E-state index contributed by atoms with van der Waals surface area (Å²) >= 11 is 0. The summed E-state index contributed by atoms with van der Waals surface area (Å²) < 4.78 is 0. The largest absolute Gasteiger partial charge is 0.339 e. The molecule has 2 fully saturated rings. The lowest BCUT2D eigenvalue weighted by Crippen LogP contribution is -2.52. The highest BCUT2D eigenvalue weighted by Gasteiger charge is 2.32. The molecule has 1 saturated carbocycles. The van der Waals surface area contributed by atoms with E-state index in [9.17, 15) is 9.59 Å². The van der Waals surface area contributed by atoms with E-state index in [-0.39, 0.29) is 11.8 Å². The SMILES string of the molecule is Cc1cccc(C)c1NC(=O)CN1CCN(C(=O)CN(C)C(C)C2CC2)CC1. The quantitative estimate of drug-likeness (QED) is 0.780. The van der Waals surface area contributed by atoms with Crippen molar-refractivity contribution in [2.75, 3.05) is 51.6 Å². The molecular formula is C22H34N4O2. The van der Waals surface area contributed by atoms with Gasteiger partial charge in [-0.2, -0.15) is 0 Å². The summed E-state index contributed by atoms with van der Waals surface area (Å²) in [7, 11) is 2.05. The number of nitrogens with one attached hydrogen (secondary N) is 1. The number of rotatable bonds is 7. The highest BCUT2D eigenvalue weighted by Crippen LogP contribution is 2.34. The first-order chi connectivity index (χ1) is 13.3. The fourth-order valence-electron chi connectivity index (χ4n) is 3.94. The van der Waals surface area contributed by atoms with Gasteiger partial charge in [-0.05, 0) is 57.7 Å². The molecule has 1 heterocycles. The monoisotopic (exact) mass is 386 g/mol. The lowest BCUT2D eigenvalue weighted by molar-refractivity contribution is -0.134. The Morgan fingerprint density at radius 3 is 2.32 bits per heavy atom. The van der Waals surface area contributed by atoms with Crippen LogP contribution in [-0.4, -0.2) is 78.9 Å². The van der Waals surface area contributed by atoms with E-state index in [4.69, 9.17) is 0 Å². The molecule has 1 aromatic rings. The van der Waals surface area contributed by atoms with Gasteiger partial charge in [0.05, 0.1) is 13.1 Å². The van der Waals surface area contributed by atoms with E-state index < -0.39 is 0 Å². The number of anilines is 1. The van der Waals surface area contributed by atoms with E-state index in [0.29, 0.717) is 32.2 Å². The second-order valence-corrected chi connectivity index (χ2v) is 8.47. The summed E-state index contributed by atoms with van der Waals surface area (Å²) in [4.78, 5) is 31.3. The third-order valence-electron chi connectivity index (χ3n) is 6.22. The number of hydrogen-bond donors (Lipinski definition) is 1. The number of carbonyl (C=O) groups is 2. The number of amides is 2. The molecule has 0 spiro atoms. The molecule has 28 heavy (non-hydrogen) atoms. The van der Waals surface area contributed by atoms with Crippen LogP contribution in [0.1, 0.15) is 30.9 Å². The Balaban J connectivity index is 1.42. The van der Waals surface area contributed by atoms with Crippen LogP contribution in [-0.2, 0) is 9.59 Å². The van der Waals surface area contributed by atoms with Crippen LogP contribution in [0.4, 0.5) is 5.69 Å². The van der Waals surface area contributed by atoms with Crippen LogP contribution in [0.15, 0.2) is 18.2 Å². The first-order valence-corrected chi connectivity index (χ1v) is 10.4. The number of hydrogen-bond acceptors (Lipinski definition) is 4. The predicted octanol–water partition coefficient (Wildman–Crippen LogP) is 2.12. The Kier molecular flexibility index (Phi) is 6.73. The molecule has 154 valence electrons. The van der Waals surface area contributed by atoms with Gasteiger partial charge in [0.15, 0.2) is 0 Å². The molecule has 6 heteroatoms. The van der Waals surface area contributed by atoms with Crippen LogP contribution in [0.2, 0.25) is 0 Å². The highest BCUT2D eigenvalue weighted by atomic mass is 16.2. The zero-order chi connectivity index (χ0) is 20.3. The maximum atomic E-state index is 12.6. The predicted molar refractivity (Wildman–Crippen MR) is 112 cm³/mol. The molecule has 3 rings (SSSR count). The molecule has 1 N–H and O–H groups in total. The van der Waals surface area contributed by atoms with E-state index in [1.165, 1.54) is 12.8 Å². The van der Waals surface area contributed by atoms with Gasteiger partial charge in [-0.1, -0.05) is 18.2 Å². The number of carbonyl (C=O) groups excluding carboxylic acids is 2. The van der Waals surface area contributed by atoms with Gasteiger partial charge < -0.3 is 10.2 Å². The molecule has 0 aromatic heterocycles. The van der Waals surface area contributed by atoms with Crippen molar-refractivity contribution in [2.24, 2.45) is 5.92 Å². The zero-order valence-corrected chi connectivity index (χ0v) is 17.7. The van der Waals surface area contributed by atoms with Crippen LogP contribution in [0.25, 0.3) is 0 Å². The molecule has 2 aliphatic rings. The van der Waals surface area contributed by atoms with Gasteiger partial charge in [0, 0.05) is 37.9 Å². The molecule has 2 amide bonds. The van der Waals surface area contributed by atoms with Gasteiger partial charge in [0.2, 0.25) is 11.8 Å². The van der Waals surface area contributed by atoms with Crippen molar-refractivity contribution >= 4 is 17.5 Å². The summed E-state index contributed by atoms with van der Waals surface area (Å²) in [5, 5.41) is 3.05. The zero-order valence-electron chi connectivity index (χ0n) is 17.7. The molecule has 1 unspecified atom stereocenters. The van der Waals surface area contributed by atoms with Gasteiger partial charge in [-0.15, -0.1) is 0 Å². The lowest BCUT2D eigenvalue weighted by Gasteiger charge is -2.35. The number of likely N-dealkylation sites (N-methyl/N-ethyl adjacent to an activating group) is 1. The number of para-hydroxylation sites is 1. The Labute approximate surface area is 168 Å². The fraction of sp³-hybridized carbons (Fsp3) is 0.636. The van der Waals surface area contributed by atoms with Crippen molar-refractivity contribution in [1.82, 2.24) is 14.7 Å². The van der Waals surface area contributed by atoms with Gasteiger partial charge >= 0.3 is 0 Å². The number of aryl methyl sites for hydroxylation is 2. The third kappa shape index (κ3) is 5.32. The lowest BCUT2D eigenvalue weighted by atomic mass is 10.1. The smallest absolute Gasteiger partial charge is 0.238 e. The van der Waals surface area contributed by atoms with E-state index in [2.05, 4.69) is 29.1 Å². The van der Waals surface area contributed by atoms with Gasteiger partial charge in [0.1, 0.15) is 0 Å². The summed E-state index contributed by atoms with van der Waals surface area (Å²) in [5.74, 6) is 0.981. The first-order valence-electron chi connectivity index (χ1n) is 10.4. The van der Waals surface area contributed by atoms with Crippen molar-refractivity contribution in [3.63, 3.8) is 0 Å². The number of nitrogens with zero attached hydrogens (tertiary/aromatic N) is 3. The van der Waals surface area contributed by atoms with Crippen molar-refractivity contribution < 1.29 is 9.59 Å². The van der Waals surface area contributed by atoms with Gasteiger partial charge in [-0.25, -0.2) is 0 Å². The van der Waals surface area contributed by atoms with Crippen molar-refractivity contribution in [3.8, 4) is 0 Å². The fourth-order valence-corrected chi connectivity index (χ4v) is 3.94. The normalized spacial score (nSPS) is 19.0. The average molecular weight is 387 g/mol. The van der Waals surface area contributed by atoms with Crippen LogP contribution in [0.3, 0.4) is 0 Å². The molecule has 0 radical (unpaired) electrons.